The lowest BCUT2D eigenvalue weighted by Crippen LogP contribution is -2.21. The molecule has 3 aromatic rings. The zero-order valence-electron chi connectivity index (χ0n) is 10.4. The summed E-state index contributed by atoms with van der Waals surface area (Å²) in [6.45, 7) is 0. The highest BCUT2D eigenvalue weighted by Crippen LogP contribution is 2.30. The van der Waals surface area contributed by atoms with Gasteiger partial charge in [-0.1, -0.05) is 5.21 Å². The lowest BCUT2D eigenvalue weighted by Gasteiger charge is -2.11. The third-order valence-electron chi connectivity index (χ3n) is 3.29. The maximum atomic E-state index is 13.0. The minimum Gasteiger partial charge on any atom is -0.287 e. The fraction of sp³-hybridized carbons (Fsp3) is 0. The second-order valence-corrected chi connectivity index (χ2v) is 5.41. The Bertz CT molecular complexity index is 895. The maximum Gasteiger partial charge on any atom is 0.226 e. The van der Waals surface area contributed by atoms with Gasteiger partial charge in [0.2, 0.25) is 11.6 Å². The van der Waals surface area contributed by atoms with E-state index in [2.05, 4.69) is 10.3 Å². The first-order valence-electron chi connectivity index (χ1n) is 6.05. The van der Waals surface area contributed by atoms with Gasteiger partial charge >= 0.3 is 0 Å². The van der Waals surface area contributed by atoms with Crippen molar-refractivity contribution in [1.82, 2.24) is 15.0 Å². The summed E-state index contributed by atoms with van der Waals surface area (Å²) in [5, 5.41) is 9.39. The first kappa shape index (κ1) is 12.1. The van der Waals surface area contributed by atoms with Gasteiger partial charge in [-0.3, -0.25) is 9.59 Å². The van der Waals surface area contributed by atoms with Crippen LogP contribution >= 0.6 is 11.3 Å². The van der Waals surface area contributed by atoms with Crippen LogP contribution in [0.2, 0.25) is 0 Å². The van der Waals surface area contributed by atoms with Crippen molar-refractivity contribution in [2.45, 2.75) is 0 Å². The van der Waals surface area contributed by atoms with Crippen LogP contribution in [0.15, 0.2) is 35.7 Å². The zero-order chi connectivity index (χ0) is 14.6. The Labute approximate surface area is 121 Å². The molecule has 5 nitrogen and oxygen atoms in total. The van der Waals surface area contributed by atoms with Crippen molar-refractivity contribution in [1.29, 1.82) is 0 Å². The van der Waals surface area contributed by atoms with Crippen molar-refractivity contribution in [3.8, 4) is 5.69 Å². The zero-order valence-corrected chi connectivity index (χ0v) is 11.2. The van der Waals surface area contributed by atoms with Crippen molar-refractivity contribution >= 4 is 22.9 Å². The second-order valence-electron chi connectivity index (χ2n) is 4.50. The number of benzene rings is 1. The Morgan fingerprint density at radius 1 is 1.05 bits per heavy atom. The lowest BCUT2D eigenvalue weighted by atomic mass is 9.97. The van der Waals surface area contributed by atoms with E-state index in [1.54, 1.807) is 11.4 Å². The summed E-state index contributed by atoms with van der Waals surface area (Å²) in [5.74, 6) is -0.992. The normalized spacial score (nSPS) is 13.2. The van der Waals surface area contributed by atoms with Crippen LogP contribution in [0, 0.1) is 5.82 Å². The molecule has 0 N–H and O–H groups in total. The molecule has 0 spiro atoms. The molecule has 0 atom stereocenters. The molecule has 0 saturated heterocycles. The van der Waals surface area contributed by atoms with Crippen molar-refractivity contribution in [2.24, 2.45) is 0 Å². The minimum absolute atomic E-state index is 0.0410. The van der Waals surface area contributed by atoms with Gasteiger partial charge in [0.1, 0.15) is 11.5 Å². The molecule has 0 fully saturated rings. The van der Waals surface area contributed by atoms with E-state index < -0.39 is 5.82 Å². The number of hydrogen-bond acceptors (Lipinski definition) is 5. The van der Waals surface area contributed by atoms with Gasteiger partial charge in [-0.15, -0.1) is 16.4 Å². The minimum atomic E-state index is -0.393. The number of rotatable bonds is 1. The van der Waals surface area contributed by atoms with Gasteiger partial charge < -0.3 is 0 Å². The van der Waals surface area contributed by atoms with Crippen LogP contribution in [-0.2, 0) is 0 Å². The van der Waals surface area contributed by atoms with E-state index in [9.17, 15) is 14.0 Å². The van der Waals surface area contributed by atoms with Crippen LogP contribution in [-0.4, -0.2) is 26.6 Å². The summed E-state index contributed by atoms with van der Waals surface area (Å²) in [4.78, 5) is 25.2. The number of halogens is 1. The number of aromatic nitrogens is 3. The summed E-state index contributed by atoms with van der Waals surface area (Å²) in [5.41, 5.74) is 1.00. The number of hydrogen-bond donors (Lipinski definition) is 0. The molecule has 102 valence electrons. The molecule has 0 amide bonds. The SMILES string of the molecule is O=C1c2nnn(-c3ccc(F)cc3)c2C(=O)c2ccsc21. The first-order chi connectivity index (χ1) is 10.2. The summed E-state index contributed by atoms with van der Waals surface area (Å²) in [6.07, 6.45) is 0. The molecular weight excluding hydrogens is 293 g/mol. The van der Waals surface area contributed by atoms with Crippen LogP contribution in [0.1, 0.15) is 31.4 Å². The third kappa shape index (κ3) is 1.61. The summed E-state index contributed by atoms with van der Waals surface area (Å²) >= 11 is 1.21. The number of carbonyl (C=O) groups excluding carboxylic acids is 2. The fourth-order valence-corrected chi connectivity index (χ4v) is 3.13. The average molecular weight is 299 g/mol. The standard InChI is InChI=1S/C14H6FN3O2S/c15-7-1-3-8(4-2-7)18-11-10(16-17-18)13(20)14-9(12(11)19)5-6-21-14/h1-6H. The van der Waals surface area contributed by atoms with Crippen molar-refractivity contribution in [3.05, 3.63) is 63.4 Å². The molecule has 1 aliphatic rings. The van der Waals surface area contributed by atoms with Crippen molar-refractivity contribution in [2.75, 3.05) is 0 Å². The molecule has 21 heavy (non-hydrogen) atoms. The molecule has 1 aromatic carbocycles. The Morgan fingerprint density at radius 3 is 2.57 bits per heavy atom. The van der Waals surface area contributed by atoms with Gasteiger partial charge in [-0.05, 0) is 35.7 Å². The van der Waals surface area contributed by atoms with Crippen LogP contribution < -0.4 is 0 Å². The van der Waals surface area contributed by atoms with Gasteiger partial charge in [0.15, 0.2) is 5.69 Å². The number of thiophene rings is 1. The van der Waals surface area contributed by atoms with E-state index in [0.29, 0.717) is 16.1 Å². The molecule has 1 aliphatic carbocycles. The van der Waals surface area contributed by atoms with Crippen molar-refractivity contribution in [3.63, 3.8) is 0 Å². The van der Waals surface area contributed by atoms with Gasteiger partial charge in [-0.2, -0.15) is 0 Å². The third-order valence-corrected chi connectivity index (χ3v) is 4.20. The number of nitrogens with zero attached hydrogens (tertiary/aromatic N) is 3. The van der Waals surface area contributed by atoms with Gasteiger partial charge in [0, 0.05) is 5.56 Å². The van der Waals surface area contributed by atoms with Crippen LogP contribution in [0.25, 0.3) is 5.69 Å². The molecule has 0 bridgehead atoms. The van der Waals surface area contributed by atoms with Crippen LogP contribution in [0.3, 0.4) is 0 Å². The average Bonchev–Trinajstić information content (AvgIpc) is 3.13. The second kappa shape index (κ2) is 4.16. The predicted molar refractivity (Wildman–Crippen MR) is 72.5 cm³/mol. The highest BCUT2D eigenvalue weighted by molar-refractivity contribution is 7.12. The Balaban J connectivity index is 1.94. The molecular formula is C14H6FN3O2S. The molecule has 0 radical (unpaired) electrons. The first-order valence-corrected chi connectivity index (χ1v) is 6.93. The Kier molecular flexibility index (Phi) is 2.40. The number of ketones is 2. The van der Waals surface area contributed by atoms with E-state index in [1.807, 2.05) is 0 Å². The van der Waals surface area contributed by atoms with E-state index in [4.69, 9.17) is 0 Å². The number of carbonyl (C=O) groups is 2. The summed E-state index contributed by atoms with van der Waals surface area (Å²) < 4.78 is 14.3. The fourth-order valence-electron chi connectivity index (χ4n) is 2.30. The smallest absolute Gasteiger partial charge is 0.226 e. The van der Waals surface area contributed by atoms with Gasteiger partial charge in [-0.25, -0.2) is 9.07 Å². The van der Waals surface area contributed by atoms with Crippen molar-refractivity contribution < 1.29 is 14.0 Å². The quantitative estimate of drug-likeness (QED) is 0.541. The highest BCUT2D eigenvalue weighted by Gasteiger charge is 2.36. The van der Waals surface area contributed by atoms with Crippen LogP contribution in [0.4, 0.5) is 4.39 Å². The predicted octanol–water partition coefficient (Wildman–Crippen LogP) is 2.24. The van der Waals surface area contributed by atoms with E-state index in [-0.39, 0.29) is 23.0 Å². The molecule has 2 aromatic heterocycles. The highest BCUT2D eigenvalue weighted by atomic mass is 32.1. The topological polar surface area (TPSA) is 64.8 Å². The number of fused-ring (bicyclic) bond motifs is 2. The van der Waals surface area contributed by atoms with Gasteiger partial charge in [0.05, 0.1) is 10.6 Å². The molecule has 0 unspecified atom stereocenters. The maximum absolute atomic E-state index is 13.0. The summed E-state index contributed by atoms with van der Waals surface area (Å²) in [7, 11) is 0. The molecule has 0 aliphatic heterocycles. The molecule has 0 saturated carbocycles. The van der Waals surface area contributed by atoms with Gasteiger partial charge in [0.25, 0.3) is 0 Å². The van der Waals surface area contributed by atoms with E-state index >= 15 is 0 Å². The lowest BCUT2D eigenvalue weighted by molar-refractivity contribution is 0.0976. The monoisotopic (exact) mass is 299 g/mol. The Morgan fingerprint density at radius 2 is 1.81 bits per heavy atom. The molecule has 7 heteroatoms. The molecule has 2 heterocycles. The van der Waals surface area contributed by atoms with E-state index in [1.165, 1.54) is 40.3 Å². The Hall–Kier alpha value is -2.67. The van der Waals surface area contributed by atoms with Crippen LogP contribution in [0.5, 0.6) is 0 Å². The summed E-state index contributed by atoms with van der Waals surface area (Å²) in [6, 6.07) is 7.09. The molecule has 4 rings (SSSR count). The largest absolute Gasteiger partial charge is 0.287 e. The van der Waals surface area contributed by atoms with E-state index in [0.717, 1.165) is 0 Å².